The molecule has 0 aliphatic heterocycles. The molecule has 0 radical (unpaired) electrons. The van der Waals surface area contributed by atoms with Gasteiger partial charge in [0.25, 0.3) is 0 Å². The van der Waals surface area contributed by atoms with Crippen molar-refractivity contribution < 1.29 is 0 Å². The highest BCUT2D eigenvalue weighted by atomic mass is 32.2. The summed E-state index contributed by atoms with van der Waals surface area (Å²) in [6, 6.07) is 7.98. The molecule has 0 aliphatic carbocycles. The summed E-state index contributed by atoms with van der Waals surface area (Å²) in [4.78, 5) is 7.66. The van der Waals surface area contributed by atoms with Crippen molar-refractivity contribution in [2.75, 3.05) is 12.3 Å². The molecule has 86 valence electrons. The number of para-hydroxylation sites is 1. The minimum atomic E-state index is 0.610. The van der Waals surface area contributed by atoms with Crippen LogP contribution in [0.3, 0.4) is 0 Å². The zero-order valence-corrected chi connectivity index (χ0v) is 9.87. The van der Waals surface area contributed by atoms with Crippen LogP contribution in [-0.4, -0.2) is 32.5 Å². The molecule has 0 saturated heterocycles. The van der Waals surface area contributed by atoms with E-state index in [0.717, 1.165) is 27.8 Å². The van der Waals surface area contributed by atoms with Gasteiger partial charge < -0.3 is 10.7 Å². The van der Waals surface area contributed by atoms with Crippen LogP contribution in [0.2, 0.25) is 0 Å². The first-order valence-electron chi connectivity index (χ1n) is 5.32. The molecule has 0 amide bonds. The van der Waals surface area contributed by atoms with E-state index in [-0.39, 0.29) is 0 Å². The van der Waals surface area contributed by atoms with Gasteiger partial charge in [0.2, 0.25) is 5.16 Å². The Bertz CT molecular complexity index is 663. The zero-order chi connectivity index (χ0) is 11.7. The molecule has 0 fully saturated rings. The molecule has 3 rings (SSSR count). The maximum Gasteiger partial charge on any atom is 0.211 e. The van der Waals surface area contributed by atoms with Gasteiger partial charge in [0.1, 0.15) is 5.52 Å². The molecule has 0 saturated carbocycles. The van der Waals surface area contributed by atoms with Crippen molar-refractivity contribution in [1.82, 2.24) is 20.2 Å². The third kappa shape index (κ3) is 1.85. The van der Waals surface area contributed by atoms with Crippen molar-refractivity contribution in [3.8, 4) is 0 Å². The average Bonchev–Trinajstić information content (AvgIpc) is 2.74. The lowest BCUT2D eigenvalue weighted by atomic mass is 10.2. The molecule has 0 spiro atoms. The van der Waals surface area contributed by atoms with Gasteiger partial charge in [0.15, 0.2) is 5.65 Å². The van der Waals surface area contributed by atoms with Gasteiger partial charge in [-0.25, -0.2) is 4.98 Å². The molecule has 17 heavy (non-hydrogen) atoms. The first kappa shape index (κ1) is 10.5. The highest BCUT2D eigenvalue weighted by Gasteiger charge is 2.08. The quantitative estimate of drug-likeness (QED) is 0.684. The summed E-state index contributed by atoms with van der Waals surface area (Å²) in [7, 11) is 0. The minimum Gasteiger partial charge on any atom is -0.338 e. The van der Waals surface area contributed by atoms with Crippen molar-refractivity contribution in [2.45, 2.75) is 5.16 Å². The number of hydrogen-bond acceptors (Lipinski definition) is 5. The van der Waals surface area contributed by atoms with E-state index in [4.69, 9.17) is 5.73 Å². The van der Waals surface area contributed by atoms with E-state index in [1.54, 1.807) is 0 Å². The number of fused-ring (bicyclic) bond motifs is 3. The fourth-order valence-electron chi connectivity index (χ4n) is 1.72. The van der Waals surface area contributed by atoms with Crippen LogP contribution in [0.25, 0.3) is 22.1 Å². The van der Waals surface area contributed by atoms with Gasteiger partial charge in [-0.2, -0.15) is 0 Å². The van der Waals surface area contributed by atoms with E-state index in [1.165, 1.54) is 11.8 Å². The van der Waals surface area contributed by atoms with Gasteiger partial charge in [-0.15, -0.1) is 10.2 Å². The number of thioether (sulfide) groups is 1. The molecule has 0 bridgehead atoms. The van der Waals surface area contributed by atoms with E-state index in [1.807, 2.05) is 24.3 Å². The molecule has 2 heterocycles. The molecule has 3 aromatic rings. The van der Waals surface area contributed by atoms with Crippen molar-refractivity contribution in [2.24, 2.45) is 5.73 Å². The number of nitrogens with two attached hydrogens (primary N) is 1. The Hall–Kier alpha value is -1.66. The molecule has 0 unspecified atom stereocenters. The maximum atomic E-state index is 5.45. The lowest BCUT2D eigenvalue weighted by Crippen LogP contribution is -2.02. The third-order valence-corrected chi connectivity index (χ3v) is 3.32. The van der Waals surface area contributed by atoms with Crippen molar-refractivity contribution in [3.63, 3.8) is 0 Å². The fraction of sp³-hybridized carbons (Fsp3) is 0.182. The fourth-order valence-corrected chi connectivity index (χ4v) is 2.27. The number of aromatic amines is 1. The van der Waals surface area contributed by atoms with E-state index in [9.17, 15) is 0 Å². The number of nitrogens with zero attached hydrogens (tertiary/aromatic N) is 3. The first-order chi connectivity index (χ1) is 8.38. The van der Waals surface area contributed by atoms with Crippen LogP contribution in [0.4, 0.5) is 0 Å². The number of rotatable bonds is 3. The molecule has 5 nitrogen and oxygen atoms in total. The minimum absolute atomic E-state index is 0.610. The summed E-state index contributed by atoms with van der Waals surface area (Å²) in [6.45, 7) is 0.610. The predicted molar refractivity (Wildman–Crippen MR) is 69.0 cm³/mol. The Morgan fingerprint density at radius 2 is 2.12 bits per heavy atom. The maximum absolute atomic E-state index is 5.45. The highest BCUT2D eigenvalue weighted by Crippen LogP contribution is 2.22. The Kier molecular flexibility index (Phi) is 2.66. The monoisotopic (exact) mass is 245 g/mol. The van der Waals surface area contributed by atoms with Gasteiger partial charge in [-0.05, 0) is 6.07 Å². The summed E-state index contributed by atoms with van der Waals surface area (Å²) in [5.74, 6) is 0.799. The molecule has 0 aliphatic rings. The van der Waals surface area contributed by atoms with Gasteiger partial charge in [0, 0.05) is 23.2 Å². The van der Waals surface area contributed by atoms with Crippen LogP contribution in [0, 0.1) is 0 Å². The molecule has 6 heteroatoms. The zero-order valence-electron chi connectivity index (χ0n) is 9.05. The highest BCUT2D eigenvalue weighted by molar-refractivity contribution is 7.99. The second-order valence-electron chi connectivity index (χ2n) is 3.60. The molecular formula is C11H11N5S. The van der Waals surface area contributed by atoms with Crippen molar-refractivity contribution in [3.05, 3.63) is 24.3 Å². The average molecular weight is 245 g/mol. The standard InChI is InChI=1S/C11H11N5S/c12-5-6-17-11-14-10-9(15-16-11)7-3-1-2-4-8(7)13-10/h1-4H,5-6,12H2,(H,13,14,16). The molecule has 1 aromatic carbocycles. The molecule has 0 atom stereocenters. The lowest BCUT2D eigenvalue weighted by Gasteiger charge is -1.96. The van der Waals surface area contributed by atoms with Crippen molar-refractivity contribution >= 4 is 33.8 Å². The summed E-state index contributed by atoms with van der Waals surface area (Å²) in [6.07, 6.45) is 0. The molecule has 3 N–H and O–H groups in total. The smallest absolute Gasteiger partial charge is 0.211 e. The third-order valence-electron chi connectivity index (χ3n) is 2.45. The Morgan fingerprint density at radius 3 is 3.00 bits per heavy atom. The van der Waals surface area contributed by atoms with Gasteiger partial charge in [-0.1, -0.05) is 30.0 Å². The summed E-state index contributed by atoms with van der Waals surface area (Å²) in [5, 5.41) is 10.0. The lowest BCUT2D eigenvalue weighted by molar-refractivity contribution is 0.877. The Labute approximate surface area is 102 Å². The number of hydrogen-bond donors (Lipinski definition) is 2. The van der Waals surface area contributed by atoms with E-state index in [0.29, 0.717) is 11.7 Å². The van der Waals surface area contributed by atoms with E-state index < -0.39 is 0 Å². The van der Waals surface area contributed by atoms with Gasteiger partial charge in [0.05, 0.1) is 0 Å². The van der Waals surface area contributed by atoms with Gasteiger partial charge >= 0.3 is 0 Å². The summed E-state index contributed by atoms with van der Waals surface area (Å²) < 4.78 is 0. The van der Waals surface area contributed by atoms with Crippen LogP contribution < -0.4 is 5.73 Å². The molecule has 2 aromatic heterocycles. The topological polar surface area (TPSA) is 80.5 Å². The van der Waals surface area contributed by atoms with E-state index >= 15 is 0 Å². The largest absolute Gasteiger partial charge is 0.338 e. The predicted octanol–water partition coefficient (Wildman–Crippen LogP) is 1.56. The van der Waals surface area contributed by atoms with Crippen molar-refractivity contribution in [1.29, 1.82) is 0 Å². The number of H-pyrrole nitrogens is 1. The van der Waals surface area contributed by atoms with Crippen LogP contribution >= 0.6 is 11.8 Å². The number of benzene rings is 1. The van der Waals surface area contributed by atoms with Crippen LogP contribution in [0.1, 0.15) is 0 Å². The van der Waals surface area contributed by atoms with Crippen LogP contribution in [-0.2, 0) is 0 Å². The Balaban J connectivity index is 2.13. The SMILES string of the molecule is NCCSc1nnc2c(n1)[nH]c1ccccc12. The van der Waals surface area contributed by atoms with Crippen LogP contribution in [0.15, 0.2) is 29.4 Å². The van der Waals surface area contributed by atoms with E-state index in [2.05, 4.69) is 20.2 Å². The second kappa shape index (κ2) is 4.31. The number of nitrogens with one attached hydrogen (secondary N) is 1. The summed E-state index contributed by atoms with van der Waals surface area (Å²) >= 11 is 1.52. The Morgan fingerprint density at radius 1 is 1.24 bits per heavy atom. The summed E-state index contributed by atoms with van der Waals surface area (Å²) in [5.41, 5.74) is 8.07. The molecular weight excluding hydrogens is 234 g/mol. The second-order valence-corrected chi connectivity index (χ2v) is 4.66. The van der Waals surface area contributed by atoms with Crippen LogP contribution in [0.5, 0.6) is 0 Å². The number of aromatic nitrogens is 4. The first-order valence-corrected chi connectivity index (χ1v) is 6.31. The van der Waals surface area contributed by atoms with Gasteiger partial charge in [-0.3, -0.25) is 0 Å². The normalized spacial score (nSPS) is 11.4.